The Hall–Kier alpha value is -0.700. The van der Waals surface area contributed by atoms with Gasteiger partial charge >= 0.3 is 5.97 Å². The first kappa shape index (κ1) is 12.4. The average Bonchev–Trinajstić information content (AvgIpc) is 2.24. The van der Waals surface area contributed by atoms with Crippen LogP contribution in [0, 0.1) is 0 Å². The summed E-state index contributed by atoms with van der Waals surface area (Å²) in [5.74, 6) is -0.517. The highest BCUT2D eigenvalue weighted by atomic mass is 35.5. The van der Waals surface area contributed by atoms with Gasteiger partial charge in [-0.05, 0) is 6.07 Å². The molecule has 0 bridgehead atoms. The second kappa shape index (κ2) is 5.40. The molecule has 0 saturated carbocycles. The van der Waals surface area contributed by atoms with Crippen molar-refractivity contribution in [3.05, 3.63) is 45.4 Å². The highest BCUT2D eigenvalue weighted by Crippen LogP contribution is 2.32. The van der Waals surface area contributed by atoms with E-state index in [1.165, 1.54) is 0 Å². The van der Waals surface area contributed by atoms with Gasteiger partial charge in [0, 0.05) is 11.6 Å². The molecule has 0 saturated heterocycles. The molecule has 1 aromatic rings. The fraction of sp³-hybridized carbons (Fsp3) is 0.100. The average molecular weight is 266 g/mol. The maximum absolute atomic E-state index is 10.8. The largest absolute Gasteiger partial charge is 0.458 e. The standard InChI is InChI=1S/C10H7Cl3O2/c1-2-8(14)15-5-6-3-4-7(11)10(13)9(6)12/h2-4H,1,5H2. The van der Waals surface area contributed by atoms with Gasteiger partial charge in [0.05, 0.1) is 15.1 Å². The number of carbonyl (C=O) groups is 1. The van der Waals surface area contributed by atoms with Gasteiger partial charge in [0.15, 0.2) is 0 Å². The van der Waals surface area contributed by atoms with Crippen molar-refractivity contribution in [3.8, 4) is 0 Å². The fourth-order valence-corrected chi connectivity index (χ4v) is 1.49. The van der Waals surface area contributed by atoms with Crippen LogP contribution < -0.4 is 0 Å². The molecule has 2 nitrogen and oxygen atoms in total. The predicted octanol–water partition coefficient (Wildman–Crippen LogP) is 3.88. The Morgan fingerprint density at radius 2 is 2.00 bits per heavy atom. The Bertz CT molecular complexity index is 402. The molecule has 5 heteroatoms. The van der Waals surface area contributed by atoms with Gasteiger partial charge in [-0.2, -0.15) is 0 Å². The van der Waals surface area contributed by atoms with E-state index in [1.807, 2.05) is 0 Å². The van der Waals surface area contributed by atoms with Crippen LogP contribution in [0.15, 0.2) is 24.8 Å². The van der Waals surface area contributed by atoms with Crippen molar-refractivity contribution < 1.29 is 9.53 Å². The van der Waals surface area contributed by atoms with Gasteiger partial charge in [-0.1, -0.05) is 47.4 Å². The van der Waals surface area contributed by atoms with Crippen LogP contribution in [0.1, 0.15) is 5.56 Å². The van der Waals surface area contributed by atoms with Gasteiger partial charge in [0.1, 0.15) is 6.61 Å². The van der Waals surface area contributed by atoms with Crippen molar-refractivity contribution in [2.75, 3.05) is 0 Å². The van der Waals surface area contributed by atoms with E-state index in [0.29, 0.717) is 15.6 Å². The Kier molecular flexibility index (Phi) is 4.45. The van der Waals surface area contributed by atoms with E-state index >= 15 is 0 Å². The third-order valence-electron chi connectivity index (χ3n) is 1.65. The summed E-state index contributed by atoms with van der Waals surface area (Å²) < 4.78 is 4.81. The summed E-state index contributed by atoms with van der Waals surface area (Å²) in [5.41, 5.74) is 0.598. The maximum Gasteiger partial charge on any atom is 0.330 e. The Morgan fingerprint density at radius 3 is 2.60 bits per heavy atom. The van der Waals surface area contributed by atoms with Gasteiger partial charge in [-0.15, -0.1) is 0 Å². The smallest absolute Gasteiger partial charge is 0.330 e. The van der Waals surface area contributed by atoms with Crippen LogP contribution >= 0.6 is 34.8 Å². The lowest BCUT2D eigenvalue weighted by atomic mass is 10.2. The summed E-state index contributed by atoms with van der Waals surface area (Å²) in [6.07, 6.45) is 1.07. The van der Waals surface area contributed by atoms with Crippen LogP contribution in [-0.4, -0.2) is 5.97 Å². The molecule has 0 aliphatic carbocycles. The van der Waals surface area contributed by atoms with Crippen LogP contribution in [-0.2, 0) is 16.1 Å². The van der Waals surface area contributed by atoms with Crippen molar-refractivity contribution >= 4 is 40.8 Å². The highest BCUT2D eigenvalue weighted by molar-refractivity contribution is 6.48. The molecule has 0 heterocycles. The molecule has 15 heavy (non-hydrogen) atoms. The van der Waals surface area contributed by atoms with E-state index in [2.05, 4.69) is 6.58 Å². The van der Waals surface area contributed by atoms with E-state index in [1.54, 1.807) is 12.1 Å². The van der Waals surface area contributed by atoms with E-state index in [4.69, 9.17) is 39.5 Å². The minimum atomic E-state index is -0.517. The summed E-state index contributed by atoms with van der Waals surface area (Å²) in [5, 5.41) is 0.909. The Morgan fingerprint density at radius 1 is 1.33 bits per heavy atom. The third-order valence-corrected chi connectivity index (χ3v) is 2.98. The molecule has 0 aliphatic heterocycles. The maximum atomic E-state index is 10.8. The Labute approximate surface area is 102 Å². The van der Waals surface area contributed by atoms with Crippen LogP contribution in [0.4, 0.5) is 0 Å². The summed E-state index contributed by atoms with van der Waals surface area (Å²) in [6.45, 7) is 3.31. The number of esters is 1. The monoisotopic (exact) mass is 264 g/mol. The molecule has 0 aliphatic rings. The molecule has 0 aromatic heterocycles. The molecule has 0 radical (unpaired) electrons. The summed E-state index contributed by atoms with van der Waals surface area (Å²) in [7, 11) is 0. The second-order valence-corrected chi connectivity index (χ2v) is 3.81. The highest BCUT2D eigenvalue weighted by Gasteiger charge is 2.09. The van der Waals surface area contributed by atoms with E-state index in [0.717, 1.165) is 6.08 Å². The number of hydrogen-bond acceptors (Lipinski definition) is 2. The molecular formula is C10H7Cl3O2. The van der Waals surface area contributed by atoms with Crippen molar-refractivity contribution in [2.24, 2.45) is 0 Å². The lowest BCUT2D eigenvalue weighted by Gasteiger charge is -2.06. The first-order valence-corrected chi connectivity index (χ1v) is 5.11. The SMILES string of the molecule is C=CC(=O)OCc1ccc(Cl)c(Cl)c1Cl. The van der Waals surface area contributed by atoms with Crippen molar-refractivity contribution in [3.63, 3.8) is 0 Å². The lowest BCUT2D eigenvalue weighted by Crippen LogP contribution is -2.00. The summed E-state index contributed by atoms with van der Waals surface area (Å²) in [4.78, 5) is 10.8. The van der Waals surface area contributed by atoms with Crippen molar-refractivity contribution in [2.45, 2.75) is 6.61 Å². The Balaban J connectivity index is 2.83. The zero-order valence-corrected chi connectivity index (χ0v) is 9.86. The molecule has 1 aromatic carbocycles. The van der Waals surface area contributed by atoms with Gasteiger partial charge in [0.25, 0.3) is 0 Å². The topological polar surface area (TPSA) is 26.3 Å². The van der Waals surface area contributed by atoms with E-state index in [-0.39, 0.29) is 11.6 Å². The number of ether oxygens (including phenoxy) is 1. The first-order valence-electron chi connectivity index (χ1n) is 3.98. The molecule has 0 N–H and O–H groups in total. The quantitative estimate of drug-likeness (QED) is 0.471. The van der Waals surface area contributed by atoms with Gasteiger partial charge in [-0.3, -0.25) is 0 Å². The first-order chi connectivity index (χ1) is 7.06. The molecule has 0 unspecified atom stereocenters. The second-order valence-electron chi connectivity index (χ2n) is 2.65. The minimum absolute atomic E-state index is 0.0422. The molecule has 80 valence electrons. The molecule has 1 rings (SSSR count). The fourth-order valence-electron chi connectivity index (χ4n) is 0.885. The number of benzene rings is 1. The molecule has 0 amide bonds. The molecule has 0 spiro atoms. The van der Waals surface area contributed by atoms with Gasteiger partial charge in [0.2, 0.25) is 0 Å². The number of carbonyl (C=O) groups excluding carboxylic acids is 1. The number of hydrogen-bond donors (Lipinski definition) is 0. The van der Waals surface area contributed by atoms with Crippen molar-refractivity contribution in [1.29, 1.82) is 0 Å². The summed E-state index contributed by atoms with van der Waals surface area (Å²) >= 11 is 17.4. The zero-order chi connectivity index (χ0) is 11.4. The van der Waals surface area contributed by atoms with Crippen LogP contribution in [0.25, 0.3) is 0 Å². The molecule has 0 fully saturated rings. The predicted molar refractivity (Wildman–Crippen MR) is 61.5 cm³/mol. The minimum Gasteiger partial charge on any atom is -0.458 e. The van der Waals surface area contributed by atoms with Gasteiger partial charge in [-0.25, -0.2) is 4.79 Å². The van der Waals surface area contributed by atoms with E-state index in [9.17, 15) is 4.79 Å². The summed E-state index contributed by atoms with van der Waals surface area (Å²) in [6, 6.07) is 3.24. The van der Waals surface area contributed by atoms with E-state index < -0.39 is 5.97 Å². The normalized spacial score (nSPS) is 9.80. The van der Waals surface area contributed by atoms with Crippen LogP contribution in [0.2, 0.25) is 15.1 Å². The molecule has 0 atom stereocenters. The van der Waals surface area contributed by atoms with Crippen molar-refractivity contribution in [1.82, 2.24) is 0 Å². The number of halogens is 3. The lowest BCUT2D eigenvalue weighted by molar-refractivity contribution is -0.138. The molecular weight excluding hydrogens is 258 g/mol. The zero-order valence-electron chi connectivity index (χ0n) is 7.60. The number of rotatable bonds is 3. The van der Waals surface area contributed by atoms with Gasteiger partial charge < -0.3 is 4.74 Å². The van der Waals surface area contributed by atoms with Crippen LogP contribution in [0.5, 0.6) is 0 Å². The van der Waals surface area contributed by atoms with Crippen LogP contribution in [0.3, 0.4) is 0 Å². The third kappa shape index (κ3) is 3.13.